The Morgan fingerprint density at radius 2 is 1.96 bits per heavy atom. The topological polar surface area (TPSA) is 119 Å². The minimum atomic E-state index is -0.795. The van der Waals surface area contributed by atoms with Gasteiger partial charge in [-0.15, -0.1) is 5.10 Å². The molecule has 2 N–H and O–H groups in total. The van der Waals surface area contributed by atoms with E-state index in [0.29, 0.717) is 17.7 Å². The average molecular weight is 365 g/mol. The summed E-state index contributed by atoms with van der Waals surface area (Å²) in [6, 6.07) is -0.248. The molecule has 0 saturated heterocycles. The number of nitrogens with one attached hydrogen (secondary N) is 1. The highest BCUT2D eigenvalue weighted by Gasteiger charge is 2.39. The fraction of sp³-hybridized carbons (Fsp3) is 0.824. The average Bonchev–Trinajstić information content (AvgIpc) is 3.38. The molecule has 26 heavy (non-hydrogen) atoms. The smallest absolute Gasteiger partial charge is 0.327 e. The lowest BCUT2D eigenvalue weighted by Crippen LogP contribution is -2.42. The molecule has 0 spiro atoms. The van der Waals surface area contributed by atoms with Crippen molar-refractivity contribution in [3.63, 3.8) is 0 Å². The Morgan fingerprint density at radius 1 is 1.23 bits per heavy atom. The first-order valence-corrected chi connectivity index (χ1v) is 9.39. The second kappa shape index (κ2) is 8.57. The lowest BCUT2D eigenvalue weighted by molar-refractivity contribution is -0.141. The number of hydrogen-bond donors (Lipinski definition) is 2. The van der Waals surface area contributed by atoms with Crippen LogP contribution in [-0.2, 0) is 20.9 Å². The van der Waals surface area contributed by atoms with E-state index in [9.17, 15) is 14.7 Å². The largest absolute Gasteiger partial charge is 0.481 e. The highest BCUT2D eigenvalue weighted by molar-refractivity contribution is 5.69. The molecule has 2 atom stereocenters. The van der Waals surface area contributed by atoms with Crippen LogP contribution in [0.1, 0.15) is 63.2 Å². The quantitative estimate of drug-likeness (QED) is 0.629. The third kappa shape index (κ3) is 4.78. The zero-order valence-corrected chi connectivity index (χ0v) is 15.1. The maximum Gasteiger partial charge on any atom is 0.327 e. The summed E-state index contributed by atoms with van der Waals surface area (Å²) in [5.74, 6) is 0.103. The Labute approximate surface area is 152 Å². The molecule has 0 aromatic carbocycles. The van der Waals surface area contributed by atoms with Gasteiger partial charge in [0.2, 0.25) is 0 Å². The van der Waals surface area contributed by atoms with Crippen LogP contribution in [0.25, 0.3) is 0 Å². The molecular weight excluding hydrogens is 338 g/mol. The highest BCUT2D eigenvalue weighted by atomic mass is 16.5. The Hall–Kier alpha value is -2.03. The summed E-state index contributed by atoms with van der Waals surface area (Å²) in [5, 5.41) is 24.7. The van der Waals surface area contributed by atoms with Crippen LogP contribution in [0.2, 0.25) is 0 Å². The van der Waals surface area contributed by atoms with Gasteiger partial charge in [0.25, 0.3) is 0 Å². The first-order chi connectivity index (χ1) is 12.6. The third-order valence-corrected chi connectivity index (χ3v) is 5.44. The monoisotopic (exact) mass is 365 g/mol. The van der Waals surface area contributed by atoms with Crippen LogP contribution < -0.4 is 5.32 Å². The number of aliphatic carboxylic acids is 1. The van der Waals surface area contributed by atoms with Gasteiger partial charge in [-0.1, -0.05) is 19.3 Å². The van der Waals surface area contributed by atoms with Crippen molar-refractivity contribution < 1.29 is 19.4 Å². The van der Waals surface area contributed by atoms with Gasteiger partial charge >= 0.3 is 11.9 Å². The lowest BCUT2D eigenvalue weighted by atomic mass is 9.82. The predicted molar refractivity (Wildman–Crippen MR) is 91.0 cm³/mol. The van der Waals surface area contributed by atoms with Crippen LogP contribution in [0.4, 0.5) is 0 Å². The van der Waals surface area contributed by atoms with E-state index in [-0.39, 0.29) is 25.0 Å². The fourth-order valence-electron chi connectivity index (χ4n) is 3.90. The molecule has 1 aromatic heterocycles. The summed E-state index contributed by atoms with van der Waals surface area (Å²) >= 11 is 0. The number of tetrazole rings is 1. The standard InChI is InChI=1S/C17H27N5O4/c1-26-15(25)10-22-17(19-20-21-22)16(12-7-8-12)18-13(9-14(23)24)11-5-3-2-4-6-11/h11-13,16,18H,2-10H2,1H3,(H,23,24). The summed E-state index contributed by atoms with van der Waals surface area (Å²) in [6.07, 6.45) is 7.81. The number of carboxylic acids is 1. The number of aromatic nitrogens is 4. The molecule has 9 nitrogen and oxygen atoms in total. The second-order valence-corrected chi connectivity index (χ2v) is 7.36. The maximum atomic E-state index is 11.6. The molecule has 0 bridgehead atoms. The van der Waals surface area contributed by atoms with Crippen molar-refractivity contribution in [1.29, 1.82) is 0 Å². The van der Waals surface area contributed by atoms with Gasteiger partial charge in [0.15, 0.2) is 5.82 Å². The molecule has 0 radical (unpaired) electrons. The van der Waals surface area contributed by atoms with Crippen molar-refractivity contribution in [2.24, 2.45) is 11.8 Å². The molecule has 2 saturated carbocycles. The minimum Gasteiger partial charge on any atom is -0.481 e. The van der Waals surface area contributed by atoms with Crippen molar-refractivity contribution in [3.05, 3.63) is 5.82 Å². The Bertz CT molecular complexity index is 624. The molecule has 2 fully saturated rings. The summed E-state index contributed by atoms with van der Waals surface area (Å²) in [5.41, 5.74) is 0. The van der Waals surface area contributed by atoms with E-state index >= 15 is 0 Å². The van der Waals surface area contributed by atoms with E-state index < -0.39 is 11.9 Å². The first kappa shape index (κ1) is 18.8. The summed E-state index contributed by atoms with van der Waals surface area (Å²) < 4.78 is 6.17. The molecular formula is C17H27N5O4. The van der Waals surface area contributed by atoms with Gasteiger partial charge in [0.05, 0.1) is 19.6 Å². The molecule has 3 rings (SSSR count). The van der Waals surface area contributed by atoms with Crippen LogP contribution in [0.5, 0.6) is 0 Å². The predicted octanol–water partition coefficient (Wildman–Crippen LogP) is 1.31. The molecule has 144 valence electrons. The number of methoxy groups -OCH3 is 1. The Balaban J connectivity index is 1.77. The molecule has 0 amide bonds. The van der Waals surface area contributed by atoms with Crippen LogP contribution >= 0.6 is 0 Å². The van der Waals surface area contributed by atoms with Crippen molar-refractivity contribution in [3.8, 4) is 0 Å². The number of ether oxygens (including phenoxy) is 1. The molecule has 1 heterocycles. The number of esters is 1. The molecule has 1 aromatic rings. The maximum absolute atomic E-state index is 11.6. The van der Waals surface area contributed by atoms with Gasteiger partial charge in [-0.2, -0.15) is 0 Å². The number of hydrogen-bond acceptors (Lipinski definition) is 7. The van der Waals surface area contributed by atoms with E-state index in [2.05, 4.69) is 20.8 Å². The summed E-state index contributed by atoms with van der Waals surface area (Å²) in [4.78, 5) is 23.0. The van der Waals surface area contributed by atoms with E-state index in [1.165, 1.54) is 18.2 Å². The number of carbonyl (C=O) groups is 2. The van der Waals surface area contributed by atoms with Crippen molar-refractivity contribution in [2.75, 3.05) is 7.11 Å². The van der Waals surface area contributed by atoms with E-state index in [4.69, 9.17) is 4.74 Å². The minimum absolute atomic E-state index is 0.0449. The van der Waals surface area contributed by atoms with Crippen molar-refractivity contribution in [1.82, 2.24) is 25.5 Å². The van der Waals surface area contributed by atoms with Crippen LogP contribution in [0.15, 0.2) is 0 Å². The van der Waals surface area contributed by atoms with Gasteiger partial charge in [-0.25, -0.2) is 4.68 Å². The molecule has 0 aliphatic heterocycles. The molecule has 2 unspecified atom stereocenters. The number of carboxylic acid groups (broad SMARTS) is 1. The van der Waals surface area contributed by atoms with Gasteiger partial charge < -0.3 is 15.2 Å². The number of carbonyl (C=O) groups excluding carboxylic acids is 1. The zero-order chi connectivity index (χ0) is 18.5. The Morgan fingerprint density at radius 3 is 2.58 bits per heavy atom. The summed E-state index contributed by atoms with van der Waals surface area (Å²) in [6.45, 7) is -0.0449. The molecule has 2 aliphatic carbocycles. The van der Waals surface area contributed by atoms with E-state index in [1.54, 1.807) is 0 Å². The SMILES string of the molecule is COC(=O)Cn1nnnc1C(NC(CC(=O)O)C1CCCCC1)C1CC1. The molecule has 9 heteroatoms. The van der Waals surface area contributed by atoms with Gasteiger partial charge in [-0.05, 0) is 47.9 Å². The zero-order valence-electron chi connectivity index (χ0n) is 15.1. The van der Waals surface area contributed by atoms with Crippen molar-refractivity contribution >= 4 is 11.9 Å². The first-order valence-electron chi connectivity index (χ1n) is 9.39. The normalized spacial score (nSPS) is 20.5. The van der Waals surface area contributed by atoms with Crippen LogP contribution in [0.3, 0.4) is 0 Å². The number of rotatable bonds is 9. The highest BCUT2D eigenvalue weighted by Crippen LogP contribution is 2.41. The molecule has 2 aliphatic rings. The van der Waals surface area contributed by atoms with Gasteiger partial charge in [-0.3, -0.25) is 9.59 Å². The third-order valence-electron chi connectivity index (χ3n) is 5.44. The van der Waals surface area contributed by atoms with E-state index in [1.807, 2.05) is 0 Å². The number of nitrogens with zero attached hydrogens (tertiary/aromatic N) is 4. The van der Waals surface area contributed by atoms with Gasteiger partial charge in [0.1, 0.15) is 6.54 Å². The second-order valence-electron chi connectivity index (χ2n) is 7.36. The summed E-state index contributed by atoms with van der Waals surface area (Å²) in [7, 11) is 1.33. The van der Waals surface area contributed by atoms with Gasteiger partial charge in [0, 0.05) is 6.04 Å². The van der Waals surface area contributed by atoms with Crippen LogP contribution in [-0.4, -0.2) is 50.4 Å². The van der Waals surface area contributed by atoms with Crippen molar-refractivity contribution in [2.45, 2.75) is 70.0 Å². The Kier molecular flexibility index (Phi) is 6.18. The van der Waals surface area contributed by atoms with Crippen LogP contribution in [0, 0.1) is 11.8 Å². The van der Waals surface area contributed by atoms with E-state index in [0.717, 1.165) is 38.5 Å². The fourth-order valence-corrected chi connectivity index (χ4v) is 3.90. The lowest BCUT2D eigenvalue weighted by Gasteiger charge is -2.33.